The summed E-state index contributed by atoms with van der Waals surface area (Å²) in [6.07, 6.45) is 0. The lowest BCUT2D eigenvalue weighted by Crippen LogP contribution is -2.11. The predicted molar refractivity (Wildman–Crippen MR) is 241 cm³/mol. The third kappa shape index (κ3) is 5.51. The zero-order valence-corrected chi connectivity index (χ0v) is 31.4. The summed E-state index contributed by atoms with van der Waals surface area (Å²) in [5.41, 5.74) is 10.6. The van der Waals surface area contributed by atoms with Crippen molar-refractivity contribution in [2.24, 2.45) is 0 Å². The van der Waals surface area contributed by atoms with Crippen LogP contribution >= 0.6 is 22.7 Å². The van der Waals surface area contributed by atoms with Crippen LogP contribution in [-0.4, -0.2) is 0 Å². The van der Waals surface area contributed by atoms with Gasteiger partial charge in [0.15, 0.2) is 0 Å². The van der Waals surface area contributed by atoms with E-state index in [9.17, 15) is 0 Å². The number of hydrogen-bond acceptors (Lipinski definition) is 3. The Morgan fingerprint density at radius 1 is 0.309 bits per heavy atom. The standard InChI is InChI=1S/C52H33NS2/c1-2-12-36-31-37(24-23-34(36)11-1)35-25-28-40(29-26-35)53(41-14-9-13-38(32-41)43-18-10-19-47-45-17-5-8-22-50(45)55-52(43)47)48-20-6-3-15-42(48)39-27-30-46-44-16-4-7-21-49(44)54-51(46)33-39/h1-33H. The van der Waals surface area contributed by atoms with Crippen molar-refractivity contribution < 1.29 is 0 Å². The van der Waals surface area contributed by atoms with Gasteiger partial charge < -0.3 is 4.90 Å². The van der Waals surface area contributed by atoms with E-state index in [0.29, 0.717) is 0 Å². The predicted octanol–water partition coefficient (Wildman–Crippen LogP) is 16.0. The zero-order chi connectivity index (χ0) is 36.3. The van der Waals surface area contributed by atoms with Gasteiger partial charge in [0.25, 0.3) is 0 Å². The first kappa shape index (κ1) is 32.0. The van der Waals surface area contributed by atoms with Crippen molar-refractivity contribution >= 4 is 90.9 Å². The summed E-state index contributed by atoms with van der Waals surface area (Å²) in [5.74, 6) is 0. The van der Waals surface area contributed by atoms with Gasteiger partial charge in [0.05, 0.1) is 5.69 Å². The molecule has 0 bridgehead atoms. The highest BCUT2D eigenvalue weighted by Gasteiger charge is 2.19. The van der Waals surface area contributed by atoms with E-state index < -0.39 is 0 Å². The van der Waals surface area contributed by atoms with Crippen molar-refractivity contribution in [2.45, 2.75) is 0 Å². The average Bonchev–Trinajstić information content (AvgIpc) is 3.82. The Kier molecular flexibility index (Phi) is 7.61. The van der Waals surface area contributed by atoms with E-state index >= 15 is 0 Å². The van der Waals surface area contributed by atoms with Crippen LogP contribution in [0.2, 0.25) is 0 Å². The fourth-order valence-corrected chi connectivity index (χ4v) is 10.6. The minimum absolute atomic E-state index is 1.11. The molecule has 0 saturated carbocycles. The van der Waals surface area contributed by atoms with Gasteiger partial charge >= 0.3 is 0 Å². The second-order valence-corrected chi connectivity index (χ2v) is 16.2. The normalized spacial score (nSPS) is 11.6. The summed E-state index contributed by atoms with van der Waals surface area (Å²) in [6, 6.07) is 73.5. The number of benzene rings is 9. The lowest BCUT2D eigenvalue weighted by Gasteiger charge is -2.28. The Balaban J connectivity index is 1.08. The van der Waals surface area contributed by atoms with Crippen LogP contribution < -0.4 is 4.90 Å². The molecule has 0 saturated heterocycles. The van der Waals surface area contributed by atoms with Crippen molar-refractivity contribution in [3.8, 4) is 33.4 Å². The van der Waals surface area contributed by atoms with Crippen LogP contribution in [-0.2, 0) is 0 Å². The molecule has 9 aromatic carbocycles. The Hall–Kier alpha value is -6.52. The molecule has 11 aromatic rings. The maximum absolute atomic E-state index is 2.43. The van der Waals surface area contributed by atoms with Crippen molar-refractivity contribution in [3.63, 3.8) is 0 Å². The van der Waals surface area contributed by atoms with Crippen molar-refractivity contribution in [2.75, 3.05) is 4.90 Å². The molecule has 0 unspecified atom stereocenters. The molecular formula is C52H33NS2. The van der Waals surface area contributed by atoms with Crippen LogP contribution in [0.5, 0.6) is 0 Å². The van der Waals surface area contributed by atoms with E-state index in [1.807, 2.05) is 22.7 Å². The molecule has 0 N–H and O–H groups in total. The van der Waals surface area contributed by atoms with Crippen LogP contribution in [0, 0.1) is 0 Å². The topological polar surface area (TPSA) is 3.24 Å². The SMILES string of the molecule is c1cc(-c2cccc3c2sc2ccccc23)cc(N(c2ccc(-c3ccc4ccccc4c3)cc2)c2ccccc2-c2ccc3c(c2)sc2ccccc23)c1. The molecule has 0 aliphatic carbocycles. The number of rotatable bonds is 6. The smallest absolute Gasteiger partial charge is 0.0540 e. The van der Waals surface area contributed by atoms with Gasteiger partial charge in [0.2, 0.25) is 0 Å². The Bertz CT molecular complexity index is 3220. The maximum Gasteiger partial charge on any atom is 0.0540 e. The fourth-order valence-electron chi connectivity index (χ4n) is 8.19. The maximum atomic E-state index is 2.43. The molecule has 258 valence electrons. The lowest BCUT2D eigenvalue weighted by molar-refractivity contribution is 1.28. The van der Waals surface area contributed by atoms with Crippen LogP contribution in [0.15, 0.2) is 200 Å². The number of thiophene rings is 2. The van der Waals surface area contributed by atoms with Gasteiger partial charge in [0.1, 0.15) is 0 Å². The molecule has 0 aliphatic rings. The number of para-hydroxylation sites is 1. The molecule has 0 aliphatic heterocycles. The molecule has 0 fully saturated rings. The molecule has 0 amide bonds. The third-order valence-corrected chi connectivity index (χ3v) is 13.2. The Morgan fingerprint density at radius 3 is 1.80 bits per heavy atom. The summed E-state index contributed by atoms with van der Waals surface area (Å²) < 4.78 is 5.27. The first-order valence-corrected chi connectivity index (χ1v) is 20.3. The monoisotopic (exact) mass is 735 g/mol. The van der Waals surface area contributed by atoms with Crippen LogP contribution in [0.1, 0.15) is 0 Å². The number of hydrogen-bond donors (Lipinski definition) is 0. The summed E-state index contributed by atoms with van der Waals surface area (Å²) in [7, 11) is 0. The summed E-state index contributed by atoms with van der Waals surface area (Å²) in [4.78, 5) is 2.43. The van der Waals surface area contributed by atoms with E-state index in [4.69, 9.17) is 0 Å². The van der Waals surface area contributed by atoms with Crippen molar-refractivity contribution in [1.29, 1.82) is 0 Å². The summed E-state index contributed by atoms with van der Waals surface area (Å²) in [6.45, 7) is 0. The molecule has 2 aromatic heterocycles. The van der Waals surface area contributed by atoms with E-state index in [1.165, 1.54) is 84.5 Å². The van der Waals surface area contributed by atoms with E-state index in [-0.39, 0.29) is 0 Å². The van der Waals surface area contributed by atoms with Gasteiger partial charge in [-0.1, -0.05) is 146 Å². The van der Waals surface area contributed by atoms with E-state index in [1.54, 1.807) is 0 Å². The van der Waals surface area contributed by atoms with Crippen molar-refractivity contribution in [3.05, 3.63) is 200 Å². The summed E-state index contributed by atoms with van der Waals surface area (Å²) in [5, 5.41) is 7.77. The molecule has 0 atom stereocenters. The quantitative estimate of drug-likeness (QED) is 0.164. The minimum Gasteiger partial charge on any atom is -0.310 e. The Labute approximate surface area is 327 Å². The van der Waals surface area contributed by atoms with Crippen LogP contribution in [0.4, 0.5) is 17.1 Å². The molecule has 3 heteroatoms. The largest absolute Gasteiger partial charge is 0.310 e. The Morgan fingerprint density at radius 2 is 0.927 bits per heavy atom. The molecule has 2 heterocycles. The fraction of sp³-hybridized carbons (Fsp3) is 0. The van der Waals surface area contributed by atoms with Gasteiger partial charge in [-0.25, -0.2) is 0 Å². The molecule has 0 radical (unpaired) electrons. The van der Waals surface area contributed by atoms with Gasteiger partial charge in [-0.15, -0.1) is 22.7 Å². The third-order valence-electron chi connectivity index (χ3n) is 10.9. The summed E-state index contributed by atoms with van der Waals surface area (Å²) >= 11 is 3.75. The number of anilines is 3. The molecule has 55 heavy (non-hydrogen) atoms. The first-order chi connectivity index (χ1) is 27.2. The van der Waals surface area contributed by atoms with Gasteiger partial charge in [-0.2, -0.15) is 0 Å². The zero-order valence-electron chi connectivity index (χ0n) is 29.8. The molecule has 1 nitrogen and oxygen atoms in total. The van der Waals surface area contributed by atoms with Gasteiger partial charge in [0, 0.05) is 57.3 Å². The number of nitrogens with zero attached hydrogens (tertiary/aromatic N) is 1. The average molecular weight is 736 g/mol. The van der Waals surface area contributed by atoms with Crippen molar-refractivity contribution in [1.82, 2.24) is 0 Å². The number of fused-ring (bicyclic) bond motifs is 7. The first-order valence-electron chi connectivity index (χ1n) is 18.7. The second kappa shape index (κ2) is 13.1. The van der Waals surface area contributed by atoms with Gasteiger partial charge in [-0.05, 0) is 93.2 Å². The molecular weight excluding hydrogens is 703 g/mol. The van der Waals surface area contributed by atoms with Crippen LogP contribution in [0.3, 0.4) is 0 Å². The minimum atomic E-state index is 1.11. The lowest BCUT2D eigenvalue weighted by atomic mass is 9.98. The second-order valence-electron chi connectivity index (χ2n) is 14.1. The van der Waals surface area contributed by atoms with Crippen LogP contribution in [0.25, 0.3) is 84.5 Å². The van der Waals surface area contributed by atoms with E-state index in [0.717, 1.165) is 17.1 Å². The highest BCUT2D eigenvalue weighted by molar-refractivity contribution is 7.26. The molecule has 11 rings (SSSR count). The van der Waals surface area contributed by atoms with Gasteiger partial charge in [-0.3, -0.25) is 0 Å². The highest BCUT2D eigenvalue weighted by Crippen LogP contribution is 2.46. The van der Waals surface area contributed by atoms with E-state index in [2.05, 4.69) is 205 Å². The highest BCUT2D eigenvalue weighted by atomic mass is 32.1. The molecule has 0 spiro atoms.